The molecule has 0 saturated carbocycles. The number of nitrogens with zero attached hydrogens (tertiary/aromatic N) is 3. The van der Waals surface area contributed by atoms with Crippen molar-refractivity contribution in [2.45, 2.75) is 57.5 Å². The quantitative estimate of drug-likeness (QED) is 0.875. The van der Waals surface area contributed by atoms with Crippen LogP contribution in [-0.4, -0.2) is 34.4 Å². The van der Waals surface area contributed by atoms with Crippen molar-refractivity contribution in [1.82, 2.24) is 14.7 Å². The molecule has 2 aromatic rings. The van der Waals surface area contributed by atoms with Crippen molar-refractivity contribution in [3.63, 3.8) is 0 Å². The molecule has 2 amide bonds. The van der Waals surface area contributed by atoms with Crippen molar-refractivity contribution < 1.29 is 9.53 Å². The summed E-state index contributed by atoms with van der Waals surface area (Å²) in [5.74, 6) is 1.52. The largest absolute Gasteiger partial charge is 0.497 e. The maximum Gasteiger partial charge on any atom is 0.323 e. The molecule has 144 valence electrons. The second-order valence-corrected chi connectivity index (χ2v) is 7.46. The molecule has 2 aliphatic heterocycles. The molecular formula is C21H28N4O2. The molecule has 3 heterocycles. The standard InChI is InChI=1S/C21H28N4O2/c1-27-18-11-9-16(10-12-18)19-8-3-2-5-13-24(19)21(26)22-20-15-17-7-4-6-14-25(17)23-20/h9-12,15,19H,2-8,13-14H2,1H3,(H,22,23,26). The van der Waals surface area contributed by atoms with Crippen LogP contribution in [0.4, 0.5) is 10.6 Å². The molecule has 1 fully saturated rings. The third-order valence-electron chi connectivity index (χ3n) is 5.67. The van der Waals surface area contributed by atoms with E-state index in [4.69, 9.17) is 4.74 Å². The van der Waals surface area contributed by atoms with Crippen LogP contribution in [0.25, 0.3) is 0 Å². The third kappa shape index (κ3) is 3.94. The average Bonchev–Trinajstić information content (AvgIpc) is 2.94. The van der Waals surface area contributed by atoms with Crippen molar-refractivity contribution in [3.8, 4) is 5.75 Å². The molecule has 1 aromatic carbocycles. The van der Waals surface area contributed by atoms with Gasteiger partial charge in [-0.1, -0.05) is 25.0 Å². The maximum atomic E-state index is 13.1. The Kier molecular flexibility index (Phi) is 5.32. The Morgan fingerprint density at radius 3 is 2.70 bits per heavy atom. The summed E-state index contributed by atoms with van der Waals surface area (Å²) in [5, 5.41) is 7.62. The van der Waals surface area contributed by atoms with Gasteiger partial charge in [0.05, 0.1) is 13.2 Å². The number of carbonyl (C=O) groups is 1. The highest BCUT2D eigenvalue weighted by atomic mass is 16.5. The van der Waals surface area contributed by atoms with E-state index in [0.29, 0.717) is 5.82 Å². The van der Waals surface area contributed by atoms with Gasteiger partial charge >= 0.3 is 6.03 Å². The van der Waals surface area contributed by atoms with E-state index >= 15 is 0 Å². The van der Waals surface area contributed by atoms with Gasteiger partial charge in [-0.05, 0) is 49.8 Å². The number of rotatable bonds is 3. The van der Waals surface area contributed by atoms with Crippen LogP contribution in [0.5, 0.6) is 5.75 Å². The van der Waals surface area contributed by atoms with Gasteiger partial charge in [-0.15, -0.1) is 0 Å². The number of aromatic nitrogens is 2. The Balaban J connectivity index is 1.52. The monoisotopic (exact) mass is 368 g/mol. The number of nitrogens with one attached hydrogen (secondary N) is 1. The molecule has 27 heavy (non-hydrogen) atoms. The van der Waals surface area contributed by atoms with Crippen LogP contribution in [0.2, 0.25) is 0 Å². The fourth-order valence-electron chi connectivity index (χ4n) is 4.18. The number of fused-ring (bicyclic) bond motifs is 1. The van der Waals surface area contributed by atoms with E-state index in [0.717, 1.165) is 62.9 Å². The minimum absolute atomic E-state index is 0.0480. The average molecular weight is 368 g/mol. The first kappa shape index (κ1) is 17.9. The van der Waals surface area contributed by atoms with E-state index in [9.17, 15) is 4.79 Å². The molecule has 1 aromatic heterocycles. The first-order valence-electron chi connectivity index (χ1n) is 10.0. The van der Waals surface area contributed by atoms with Gasteiger partial charge in [-0.3, -0.25) is 10.00 Å². The van der Waals surface area contributed by atoms with Crippen molar-refractivity contribution in [1.29, 1.82) is 0 Å². The minimum Gasteiger partial charge on any atom is -0.497 e. The molecule has 0 radical (unpaired) electrons. The summed E-state index contributed by atoms with van der Waals surface area (Å²) in [6.45, 7) is 1.72. The third-order valence-corrected chi connectivity index (χ3v) is 5.67. The smallest absolute Gasteiger partial charge is 0.323 e. The number of ether oxygens (including phenoxy) is 1. The van der Waals surface area contributed by atoms with Gasteiger partial charge in [-0.25, -0.2) is 4.79 Å². The Morgan fingerprint density at radius 2 is 1.93 bits per heavy atom. The second-order valence-electron chi connectivity index (χ2n) is 7.46. The van der Waals surface area contributed by atoms with Gasteiger partial charge in [-0.2, -0.15) is 5.10 Å². The summed E-state index contributed by atoms with van der Waals surface area (Å²) in [7, 11) is 1.67. The molecule has 1 saturated heterocycles. The molecule has 1 atom stereocenters. The Morgan fingerprint density at radius 1 is 1.11 bits per heavy atom. The fraction of sp³-hybridized carbons (Fsp3) is 0.524. The summed E-state index contributed by atoms with van der Waals surface area (Å²) in [5.41, 5.74) is 2.39. The molecule has 6 heteroatoms. The topological polar surface area (TPSA) is 59.4 Å². The molecule has 4 rings (SSSR count). The Bertz CT molecular complexity index is 760. The van der Waals surface area contributed by atoms with E-state index in [1.165, 1.54) is 12.1 Å². The van der Waals surface area contributed by atoms with Gasteiger partial charge < -0.3 is 9.64 Å². The first-order valence-corrected chi connectivity index (χ1v) is 10.0. The van der Waals surface area contributed by atoms with Crippen molar-refractivity contribution in [2.24, 2.45) is 0 Å². The molecular weight excluding hydrogens is 340 g/mol. The van der Waals surface area contributed by atoms with Crippen LogP contribution in [0, 0.1) is 0 Å². The SMILES string of the molecule is COc1ccc(C2CCCCCN2C(=O)Nc2cc3n(n2)CCCC3)cc1. The second kappa shape index (κ2) is 8.03. The number of aryl methyl sites for hydroxylation is 2. The molecule has 1 N–H and O–H groups in total. The van der Waals surface area contributed by atoms with Gasteiger partial charge in [0, 0.05) is 24.8 Å². The van der Waals surface area contributed by atoms with Gasteiger partial charge in [0.15, 0.2) is 5.82 Å². The molecule has 6 nitrogen and oxygen atoms in total. The van der Waals surface area contributed by atoms with Crippen LogP contribution < -0.4 is 10.1 Å². The van der Waals surface area contributed by atoms with Crippen LogP contribution in [0.15, 0.2) is 30.3 Å². The van der Waals surface area contributed by atoms with Crippen molar-refractivity contribution in [3.05, 3.63) is 41.6 Å². The van der Waals surface area contributed by atoms with Crippen molar-refractivity contribution in [2.75, 3.05) is 19.0 Å². The van der Waals surface area contributed by atoms with Gasteiger partial charge in [0.25, 0.3) is 0 Å². The number of anilines is 1. The highest BCUT2D eigenvalue weighted by molar-refractivity contribution is 5.88. The zero-order chi connectivity index (χ0) is 18.6. The normalized spacial score (nSPS) is 19.9. The number of likely N-dealkylation sites (tertiary alicyclic amines) is 1. The van der Waals surface area contributed by atoms with E-state index in [2.05, 4.69) is 22.5 Å². The highest BCUT2D eigenvalue weighted by Crippen LogP contribution is 2.31. The van der Waals surface area contributed by atoms with E-state index in [1.807, 2.05) is 27.8 Å². The number of methoxy groups -OCH3 is 1. The minimum atomic E-state index is -0.0480. The van der Waals surface area contributed by atoms with E-state index < -0.39 is 0 Å². The molecule has 1 unspecified atom stereocenters. The lowest BCUT2D eigenvalue weighted by Gasteiger charge is -2.30. The lowest BCUT2D eigenvalue weighted by Crippen LogP contribution is -2.38. The lowest BCUT2D eigenvalue weighted by molar-refractivity contribution is 0.189. The summed E-state index contributed by atoms with van der Waals surface area (Å²) in [6.07, 6.45) is 7.73. The summed E-state index contributed by atoms with van der Waals surface area (Å²) >= 11 is 0. The van der Waals surface area contributed by atoms with Crippen LogP contribution >= 0.6 is 0 Å². The fourth-order valence-corrected chi connectivity index (χ4v) is 4.18. The summed E-state index contributed by atoms with van der Waals surface area (Å²) in [4.78, 5) is 15.1. The molecule has 2 aliphatic rings. The zero-order valence-corrected chi connectivity index (χ0v) is 16.0. The predicted octanol–water partition coefficient (Wildman–Crippen LogP) is 4.38. The number of hydrogen-bond acceptors (Lipinski definition) is 3. The summed E-state index contributed by atoms with van der Waals surface area (Å²) < 4.78 is 7.30. The van der Waals surface area contributed by atoms with Crippen molar-refractivity contribution >= 4 is 11.8 Å². The Labute approximate surface area is 160 Å². The van der Waals surface area contributed by atoms with E-state index in [-0.39, 0.29) is 12.1 Å². The highest BCUT2D eigenvalue weighted by Gasteiger charge is 2.27. The molecule has 0 spiro atoms. The number of urea groups is 1. The molecule has 0 aliphatic carbocycles. The first-order chi connectivity index (χ1) is 13.2. The number of amides is 2. The van der Waals surface area contributed by atoms with E-state index in [1.54, 1.807) is 7.11 Å². The van der Waals surface area contributed by atoms with Gasteiger partial charge in [0.1, 0.15) is 5.75 Å². The lowest BCUT2D eigenvalue weighted by atomic mass is 10.0. The van der Waals surface area contributed by atoms with Crippen LogP contribution in [0.1, 0.15) is 55.8 Å². The summed E-state index contributed by atoms with van der Waals surface area (Å²) in [6, 6.07) is 10.2. The maximum absolute atomic E-state index is 13.1. The Hall–Kier alpha value is -2.50. The predicted molar refractivity (Wildman–Crippen MR) is 105 cm³/mol. The van der Waals surface area contributed by atoms with Crippen LogP contribution in [0.3, 0.4) is 0 Å². The zero-order valence-electron chi connectivity index (χ0n) is 16.0. The number of hydrogen-bond donors (Lipinski definition) is 1. The number of benzene rings is 1. The molecule has 0 bridgehead atoms. The van der Waals surface area contributed by atoms with Gasteiger partial charge in [0.2, 0.25) is 0 Å². The number of carbonyl (C=O) groups excluding carboxylic acids is 1. The van der Waals surface area contributed by atoms with Crippen LogP contribution in [-0.2, 0) is 13.0 Å².